The first kappa shape index (κ1) is 16.0. The number of thiophene rings is 1. The number of hydrogen-bond acceptors (Lipinski definition) is 6. The number of pyridine rings is 1. The summed E-state index contributed by atoms with van der Waals surface area (Å²) in [6.45, 7) is 0.831. The summed E-state index contributed by atoms with van der Waals surface area (Å²) < 4.78 is 37.3. The predicted octanol–water partition coefficient (Wildman–Crippen LogP) is 2.62. The van der Waals surface area contributed by atoms with E-state index >= 15 is 0 Å². The Morgan fingerprint density at radius 3 is 2.67 bits per heavy atom. The van der Waals surface area contributed by atoms with Crippen LogP contribution in [0.1, 0.15) is 0 Å². The van der Waals surface area contributed by atoms with E-state index in [9.17, 15) is 8.42 Å². The third-order valence-corrected chi connectivity index (χ3v) is 5.44. The lowest BCUT2D eigenvalue weighted by Crippen LogP contribution is -2.11. The van der Waals surface area contributed by atoms with E-state index in [2.05, 4.69) is 9.71 Å². The van der Waals surface area contributed by atoms with E-state index in [4.69, 9.17) is 21.1 Å². The van der Waals surface area contributed by atoms with Gasteiger partial charge in [-0.05, 0) is 18.2 Å². The molecule has 2 heterocycles. The lowest BCUT2D eigenvalue weighted by atomic mass is 10.4. The van der Waals surface area contributed by atoms with Crippen LogP contribution in [-0.2, 0) is 14.8 Å². The molecule has 0 saturated heterocycles. The lowest BCUT2D eigenvalue weighted by Gasteiger charge is -2.07. The van der Waals surface area contributed by atoms with Gasteiger partial charge in [0.1, 0.15) is 10.8 Å². The first-order chi connectivity index (χ1) is 10.0. The van der Waals surface area contributed by atoms with Crippen molar-refractivity contribution in [1.29, 1.82) is 0 Å². The molecule has 9 heteroatoms. The Balaban J connectivity index is 2.03. The van der Waals surface area contributed by atoms with Gasteiger partial charge in [-0.25, -0.2) is 13.4 Å². The Bertz CT molecular complexity index is 686. The number of sulfonamides is 1. The number of anilines is 1. The highest BCUT2D eigenvalue weighted by Crippen LogP contribution is 2.27. The Kier molecular flexibility index (Phi) is 5.40. The molecule has 21 heavy (non-hydrogen) atoms. The number of nitrogens with zero attached hydrogens (tertiary/aromatic N) is 1. The number of aromatic nitrogens is 1. The van der Waals surface area contributed by atoms with Crippen LogP contribution in [0.3, 0.4) is 0 Å². The van der Waals surface area contributed by atoms with E-state index in [1.165, 1.54) is 18.3 Å². The van der Waals surface area contributed by atoms with Crippen LogP contribution < -0.4 is 9.46 Å². The normalized spacial score (nSPS) is 11.3. The van der Waals surface area contributed by atoms with Crippen LogP contribution in [-0.4, -0.2) is 33.7 Å². The molecule has 0 fully saturated rings. The molecule has 0 amide bonds. The molecule has 0 aliphatic rings. The standard InChI is InChI=1S/C12H13ClN2O4S2/c1-18-6-7-19-11-4-2-9(8-14-11)15-21(16,17)12-5-3-10(13)20-12/h2-5,8,15H,6-7H2,1H3. The predicted molar refractivity (Wildman–Crippen MR) is 81.7 cm³/mol. The average Bonchev–Trinajstić information content (AvgIpc) is 2.88. The molecule has 2 aromatic rings. The zero-order chi connectivity index (χ0) is 15.3. The summed E-state index contributed by atoms with van der Waals surface area (Å²) in [5.74, 6) is 0.397. The van der Waals surface area contributed by atoms with E-state index in [1.807, 2.05) is 0 Å². The van der Waals surface area contributed by atoms with E-state index in [-0.39, 0.29) is 4.21 Å². The Labute approximate surface area is 131 Å². The Morgan fingerprint density at radius 2 is 2.10 bits per heavy atom. The average molecular weight is 349 g/mol. The summed E-state index contributed by atoms with van der Waals surface area (Å²) in [5.41, 5.74) is 0.346. The quantitative estimate of drug-likeness (QED) is 0.778. The fraction of sp³-hybridized carbons (Fsp3) is 0.250. The van der Waals surface area contributed by atoms with Gasteiger partial charge in [-0.1, -0.05) is 11.6 Å². The summed E-state index contributed by atoms with van der Waals surface area (Å²) in [4.78, 5) is 4.01. The van der Waals surface area contributed by atoms with Crippen molar-refractivity contribution in [1.82, 2.24) is 4.98 Å². The van der Waals surface area contributed by atoms with Crippen LogP contribution in [0.25, 0.3) is 0 Å². The maximum absolute atomic E-state index is 12.1. The first-order valence-electron chi connectivity index (χ1n) is 5.87. The van der Waals surface area contributed by atoms with E-state index in [1.54, 1.807) is 19.2 Å². The van der Waals surface area contributed by atoms with Crippen molar-refractivity contribution in [3.8, 4) is 5.88 Å². The van der Waals surface area contributed by atoms with Crippen molar-refractivity contribution in [3.63, 3.8) is 0 Å². The molecule has 0 aromatic carbocycles. The number of methoxy groups -OCH3 is 1. The molecule has 1 N–H and O–H groups in total. The Morgan fingerprint density at radius 1 is 1.29 bits per heavy atom. The molecule has 0 radical (unpaired) electrons. The van der Waals surface area contributed by atoms with Crippen molar-refractivity contribution in [2.45, 2.75) is 4.21 Å². The minimum atomic E-state index is -3.64. The van der Waals surface area contributed by atoms with Crippen LogP contribution in [0.4, 0.5) is 5.69 Å². The van der Waals surface area contributed by atoms with Crippen molar-refractivity contribution in [2.24, 2.45) is 0 Å². The van der Waals surface area contributed by atoms with Crippen LogP contribution in [0.2, 0.25) is 4.34 Å². The fourth-order valence-electron chi connectivity index (χ4n) is 1.40. The van der Waals surface area contributed by atoms with Gasteiger partial charge in [0, 0.05) is 13.2 Å². The first-order valence-corrected chi connectivity index (χ1v) is 8.55. The molecule has 2 aromatic heterocycles. The van der Waals surface area contributed by atoms with E-state index < -0.39 is 10.0 Å². The highest BCUT2D eigenvalue weighted by molar-refractivity contribution is 7.94. The van der Waals surface area contributed by atoms with Crippen LogP contribution in [0.5, 0.6) is 5.88 Å². The largest absolute Gasteiger partial charge is 0.475 e. The third kappa shape index (κ3) is 4.57. The summed E-state index contributed by atoms with van der Waals surface area (Å²) >= 11 is 6.72. The van der Waals surface area contributed by atoms with Gasteiger partial charge in [-0.15, -0.1) is 11.3 Å². The number of ether oxygens (including phenoxy) is 2. The second-order valence-corrected chi connectivity index (χ2v) is 7.51. The number of nitrogens with one attached hydrogen (secondary N) is 1. The molecule has 0 unspecified atom stereocenters. The summed E-state index contributed by atoms with van der Waals surface area (Å²) in [6.07, 6.45) is 1.38. The Hall–Kier alpha value is -1.35. The number of hydrogen-bond donors (Lipinski definition) is 1. The SMILES string of the molecule is COCCOc1ccc(NS(=O)(=O)c2ccc(Cl)s2)cn1. The lowest BCUT2D eigenvalue weighted by molar-refractivity contribution is 0.144. The van der Waals surface area contributed by atoms with Crippen LogP contribution in [0, 0.1) is 0 Å². The van der Waals surface area contributed by atoms with Crippen molar-refractivity contribution in [3.05, 3.63) is 34.8 Å². The molecular formula is C12H13ClN2O4S2. The van der Waals surface area contributed by atoms with Crippen LogP contribution >= 0.6 is 22.9 Å². The summed E-state index contributed by atoms with van der Waals surface area (Å²) in [5, 5.41) is 0. The van der Waals surface area contributed by atoms with Gasteiger partial charge in [0.25, 0.3) is 10.0 Å². The van der Waals surface area contributed by atoms with Gasteiger partial charge in [0.05, 0.1) is 22.8 Å². The fourth-order valence-corrected chi connectivity index (χ4v) is 3.93. The molecular weight excluding hydrogens is 336 g/mol. The van der Waals surface area contributed by atoms with Gasteiger partial charge >= 0.3 is 0 Å². The van der Waals surface area contributed by atoms with Gasteiger partial charge in [0.15, 0.2) is 0 Å². The second kappa shape index (κ2) is 7.08. The van der Waals surface area contributed by atoms with Gasteiger partial charge < -0.3 is 9.47 Å². The highest BCUT2D eigenvalue weighted by Gasteiger charge is 2.16. The van der Waals surface area contributed by atoms with E-state index in [0.29, 0.717) is 29.1 Å². The van der Waals surface area contributed by atoms with Crippen LogP contribution in [0.15, 0.2) is 34.7 Å². The smallest absolute Gasteiger partial charge is 0.271 e. The van der Waals surface area contributed by atoms with E-state index in [0.717, 1.165) is 11.3 Å². The zero-order valence-corrected chi connectivity index (χ0v) is 13.5. The molecule has 114 valence electrons. The molecule has 6 nitrogen and oxygen atoms in total. The molecule has 0 atom stereocenters. The second-order valence-electron chi connectivity index (χ2n) is 3.89. The maximum atomic E-state index is 12.1. The van der Waals surface area contributed by atoms with Gasteiger partial charge in [-0.2, -0.15) is 0 Å². The summed E-state index contributed by atoms with van der Waals surface area (Å²) in [7, 11) is -2.07. The molecule has 0 spiro atoms. The van der Waals surface area contributed by atoms with Gasteiger partial charge in [0.2, 0.25) is 5.88 Å². The van der Waals surface area contributed by atoms with Crippen molar-refractivity contribution >= 4 is 38.6 Å². The molecule has 0 saturated carbocycles. The maximum Gasteiger partial charge on any atom is 0.271 e. The van der Waals surface area contributed by atoms with Crippen molar-refractivity contribution < 1.29 is 17.9 Å². The minimum Gasteiger partial charge on any atom is -0.475 e. The third-order valence-electron chi connectivity index (χ3n) is 2.34. The molecule has 0 aliphatic heterocycles. The number of rotatable bonds is 7. The van der Waals surface area contributed by atoms with Crippen molar-refractivity contribution in [2.75, 3.05) is 25.0 Å². The molecule has 0 bridgehead atoms. The summed E-state index contributed by atoms with van der Waals surface area (Å²) in [6, 6.07) is 6.13. The topological polar surface area (TPSA) is 77.5 Å². The molecule has 2 rings (SSSR count). The monoisotopic (exact) mass is 348 g/mol. The highest BCUT2D eigenvalue weighted by atomic mass is 35.5. The zero-order valence-electron chi connectivity index (χ0n) is 11.1. The molecule has 0 aliphatic carbocycles. The number of halogens is 1. The van der Waals surface area contributed by atoms with Gasteiger partial charge in [-0.3, -0.25) is 4.72 Å². The minimum absolute atomic E-state index is 0.146.